The maximum Gasteiger partial charge on any atom is 0.192 e. The van der Waals surface area contributed by atoms with E-state index >= 15 is 0 Å². The van der Waals surface area contributed by atoms with Gasteiger partial charge < -0.3 is 13.9 Å². The fourth-order valence-electron chi connectivity index (χ4n) is 2.62. The van der Waals surface area contributed by atoms with Gasteiger partial charge in [-0.1, -0.05) is 20.8 Å². The Morgan fingerprint density at radius 3 is 2.22 bits per heavy atom. The summed E-state index contributed by atoms with van der Waals surface area (Å²) < 4.78 is 19.4. The van der Waals surface area contributed by atoms with Crippen molar-refractivity contribution < 1.29 is 13.9 Å². The average Bonchev–Trinajstić information content (AvgIpc) is 2.71. The van der Waals surface area contributed by atoms with Gasteiger partial charge in [0.1, 0.15) is 6.10 Å². The van der Waals surface area contributed by atoms with Crippen molar-refractivity contribution in [2.45, 2.75) is 88.2 Å². The topological polar surface area (TPSA) is 27.7 Å². The highest BCUT2D eigenvalue weighted by Gasteiger charge is 2.44. The van der Waals surface area contributed by atoms with Crippen LogP contribution in [0.4, 0.5) is 0 Å². The highest BCUT2D eigenvalue weighted by Crippen LogP contribution is 2.40. The van der Waals surface area contributed by atoms with E-state index in [1.165, 1.54) is 17.9 Å². The van der Waals surface area contributed by atoms with E-state index in [9.17, 15) is 0 Å². The molecule has 2 fully saturated rings. The van der Waals surface area contributed by atoms with Crippen LogP contribution in [0.2, 0.25) is 18.1 Å². The molecule has 0 aromatic heterocycles. The Labute approximate surface area is 152 Å². The van der Waals surface area contributed by atoms with Gasteiger partial charge in [-0.05, 0) is 56.3 Å². The van der Waals surface area contributed by atoms with Crippen molar-refractivity contribution in [1.82, 2.24) is 0 Å². The number of rotatable bonds is 5. The summed E-state index contributed by atoms with van der Waals surface area (Å²) in [6.07, 6.45) is 2.60. The highest BCUT2D eigenvalue weighted by molar-refractivity contribution is 8.17. The van der Waals surface area contributed by atoms with Crippen molar-refractivity contribution in [2.75, 3.05) is 18.1 Å². The molecular weight excluding hydrogens is 344 g/mol. The fraction of sp³-hybridized carbons (Fsp3) is 1.00. The van der Waals surface area contributed by atoms with Gasteiger partial charge in [0.2, 0.25) is 0 Å². The van der Waals surface area contributed by atoms with Crippen LogP contribution in [-0.4, -0.2) is 49.0 Å². The second kappa shape index (κ2) is 7.58. The van der Waals surface area contributed by atoms with E-state index in [4.69, 9.17) is 13.9 Å². The molecule has 2 saturated heterocycles. The Hall–Kier alpha value is 0.797. The molecule has 0 unspecified atom stereocenters. The quantitative estimate of drug-likeness (QED) is 0.619. The summed E-state index contributed by atoms with van der Waals surface area (Å²) in [6.45, 7) is 16.1. The lowest BCUT2D eigenvalue weighted by atomic mass is 10.2. The molecule has 2 atom stereocenters. The van der Waals surface area contributed by atoms with E-state index < -0.39 is 14.1 Å². The van der Waals surface area contributed by atoms with Crippen LogP contribution in [0.3, 0.4) is 0 Å². The van der Waals surface area contributed by atoms with Crippen LogP contribution in [-0.2, 0) is 13.9 Å². The van der Waals surface area contributed by atoms with E-state index in [-0.39, 0.29) is 17.2 Å². The first-order valence-electron chi connectivity index (χ1n) is 8.73. The molecule has 0 aliphatic carbocycles. The summed E-state index contributed by atoms with van der Waals surface area (Å²) in [7, 11) is -1.75. The molecule has 2 aliphatic rings. The Bertz CT molecular complexity index is 390. The summed E-state index contributed by atoms with van der Waals surface area (Å²) in [5.74, 6) is 2.07. The van der Waals surface area contributed by atoms with Gasteiger partial charge in [0.05, 0.1) is 17.3 Å². The van der Waals surface area contributed by atoms with Gasteiger partial charge in [0.15, 0.2) is 14.1 Å². The molecule has 2 aliphatic heterocycles. The molecule has 23 heavy (non-hydrogen) atoms. The zero-order chi connectivity index (χ0) is 17.3. The summed E-state index contributed by atoms with van der Waals surface area (Å²) in [5.41, 5.74) is 0. The fourth-order valence-corrected chi connectivity index (χ4v) is 6.58. The Balaban J connectivity index is 1.94. The van der Waals surface area contributed by atoms with Crippen molar-refractivity contribution in [3.63, 3.8) is 0 Å². The minimum Gasteiger partial charge on any atom is -0.414 e. The van der Waals surface area contributed by atoms with E-state index in [0.29, 0.717) is 11.2 Å². The normalized spacial score (nSPS) is 29.9. The summed E-state index contributed by atoms with van der Waals surface area (Å²) in [6, 6.07) is 0. The van der Waals surface area contributed by atoms with Crippen molar-refractivity contribution >= 4 is 31.8 Å². The third-order valence-electron chi connectivity index (χ3n) is 5.02. The molecule has 0 saturated carbocycles. The van der Waals surface area contributed by atoms with E-state index in [0.717, 1.165) is 6.42 Å². The van der Waals surface area contributed by atoms with Crippen LogP contribution in [0.1, 0.15) is 47.5 Å². The van der Waals surface area contributed by atoms with E-state index in [1.807, 2.05) is 13.8 Å². The molecule has 3 nitrogen and oxygen atoms in total. The third kappa shape index (κ3) is 5.64. The van der Waals surface area contributed by atoms with E-state index in [2.05, 4.69) is 57.4 Å². The molecule has 0 aromatic carbocycles. The predicted molar refractivity (Wildman–Crippen MR) is 105 cm³/mol. The molecule has 0 aromatic rings. The van der Waals surface area contributed by atoms with Crippen LogP contribution in [0.15, 0.2) is 0 Å². The van der Waals surface area contributed by atoms with Crippen molar-refractivity contribution in [2.24, 2.45) is 0 Å². The minimum atomic E-state index is -1.75. The molecular formula is C17H34O3S2Si. The van der Waals surface area contributed by atoms with Gasteiger partial charge in [0, 0.05) is 0 Å². The second-order valence-electron chi connectivity index (χ2n) is 8.54. The van der Waals surface area contributed by atoms with Crippen molar-refractivity contribution in [3.8, 4) is 0 Å². The SMILES string of the molecule is CC1(C)O[C@H](CO[Si](C)(C)C(C)(C)C)[C@@H](CC2SCCCS2)O1. The molecule has 136 valence electrons. The highest BCUT2D eigenvalue weighted by atomic mass is 32.2. The molecule has 0 bridgehead atoms. The first-order chi connectivity index (χ1) is 10.5. The van der Waals surface area contributed by atoms with Crippen LogP contribution in [0.5, 0.6) is 0 Å². The summed E-state index contributed by atoms with van der Waals surface area (Å²) in [4.78, 5) is 0. The Kier molecular flexibility index (Phi) is 6.63. The van der Waals surface area contributed by atoms with Gasteiger partial charge in [0.25, 0.3) is 0 Å². The molecule has 0 spiro atoms. The van der Waals surface area contributed by atoms with Gasteiger partial charge in [-0.25, -0.2) is 0 Å². The van der Waals surface area contributed by atoms with E-state index in [1.54, 1.807) is 0 Å². The number of hydrogen-bond acceptors (Lipinski definition) is 5. The standard InChI is InChI=1S/C17H34O3S2Si/c1-16(2,3)23(6,7)18-12-14-13(19-17(4,5)20-14)11-15-21-9-8-10-22-15/h13-15H,8-12H2,1-7H3/t13-,14-/m1/s1. The lowest BCUT2D eigenvalue weighted by Gasteiger charge is -2.37. The second-order valence-corrected chi connectivity index (χ2v) is 16.3. The van der Waals surface area contributed by atoms with Gasteiger partial charge >= 0.3 is 0 Å². The largest absolute Gasteiger partial charge is 0.414 e. The average molecular weight is 379 g/mol. The van der Waals surface area contributed by atoms with Crippen molar-refractivity contribution in [1.29, 1.82) is 0 Å². The lowest BCUT2D eigenvalue weighted by molar-refractivity contribution is -0.148. The Morgan fingerprint density at radius 2 is 1.65 bits per heavy atom. The summed E-state index contributed by atoms with van der Waals surface area (Å²) in [5, 5.41) is 0.229. The number of hydrogen-bond donors (Lipinski definition) is 0. The summed E-state index contributed by atoms with van der Waals surface area (Å²) >= 11 is 4.15. The van der Waals surface area contributed by atoms with Crippen LogP contribution in [0.25, 0.3) is 0 Å². The first kappa shape index (κ1) is 20.1. The maximum atomic E-state index is 6.41. The third-order valence-corrected chi connectivity index (χ3v) is 12.5. The van der Waals surface area contributed by atoms with Gasteiger partial charge in [-0.2, -0.15) is 0 Å². The van der Waals surface area contributed by atoms with Gasteiger partial charge in [-0.15, -0.1) is 23.5 Å². The molecule has 2 rings (SSSR count). The number of ether oxygens (including phenoxy) is 2. The zero-order valence-electron chi connectivity index (χ0n) is 15.8. The molecule has 0 N–H and O–H groups in total. The Morgan fingerprint density at radius 1 is 1.09 bits per heavy atom. The smallest absolute Gasteiger partial charge is 0.192 e. The van der Waals surface area contributed by atoms with Crippen LogP contribution < -0.4 is 0 Å². The molecule has 0 radical (unpaired) electrons. The predicted octanol–water partition coefficient (Wildman–Crippen LogP) is 5.11. The maximum absolute atomic E-state index is 6.41. The van der Waals surface area contributed by atoms with Crippen LogP contribution in [0, 0.1) is 0 Å². The monoisotopic (exact) mass is 378 g/mol. The van der Waals surface area contributed by atoms with Crippen molar-refractivity contribution in [3.05, 3.63) is 0 Å². The lowest BCUT2D eigenvalue weighted by Crippen LogP contribution is -2.44. The molecule has 6 heteroatoms. The van der Waals surface area contributed by atoms with Gasteiger partial charge in [-0.3, -0.25) is 0 Å². The van der Waals surface area contributed by atoms with Crippen LogP contribution >= 0.6 is 23.5 Å². The molecule has 0 amide bonds. The first-order valence-corrected chi connectivity index (χ1v) is 13.7. The molecule has 2 heterocycles. The zero-order valence-corrected chi connectivity index (χ0v) is 18.4. The minimum absolute atomic E-state index is 0.0576. The number of thioether (sulfide) groups is 2.